The number of cyclic esters (lactones) is 1. The van der Waals surface area contributed by atoms with Crippen molar-refractivity contribution in [1.82, 2.24) is 0 Å². The molecule has 0 aliphatic carbocycles. The molecule has 0 bridgehead atoms. The molecule has 0 aromatic rings. The number of carbonyl (C=O) groups is 1. The van der Waals surface area contributed by atoms with Gasteiger partial charge in [0.1, 0.15) is 0 Å². The van der Waals surface area contributed by atoms with Gasteiger partial charge in [0.05, 0.1) is 0 Å². The van der Waals surface area contributed by atoms with Gasteiger partial charge in [0, 0.05) is 53.7 Å². The smallest absolute Gasteiger partial charge is 0.385 e. The van der Waals surface area contributed by atoms with Gasteiger partial charge in [-0.2, -0.15) is 0 Å². The number of ether oxygens (including phenoxy) is 1. The zero-order valence-electron chi connectivity index (χ0n) is 24.5. The maximum absolute atomic E-state index is 9.85. The molecule has 2 nitrogen and oxygen atoms in total. The number of hydrogen-bond donors (Lipinski definition) is 0. The second kappa shape index (κ2) is 77.0. The summed E-state index contributed by atoms with van der Waals surface area (Å²) >= 11 is 0. The Morgan fingerprint density at radius 3 is 0.719 bits per heavy atom. The Hall–Kier alpha value is 0.627. The summed E-state index contributed by atoms with van der Waals surface area (Å²) < 4.78 is 4.29. The Morgan fingerprint density at radius 2 is 0.688 bits per heavy atom. The number of carbonyl (C=O) groups excluding carboxylic acids is 1. The first-order chi connectivity index (χ1) is 14.4. The molecule has 1 aliphatic rings. The molecular formula is C28H62O2Sn2. The molecule has 194 valence electrons. The van der Waals surface area contributed by atoms with Gasteiger partial charge in [0.15, 0.2) is 6.61 Å². The summed E-state index contributed by atoms with van der Waals surface area (Å²) in [5.41, 5.74) is 0. The Morgan fingerprint density at radius 1 is 0.500 bits per heavy atom. The van der Waals surface area contributed by atoms with E-state index in [0.717, 1.165) is 0 Å². The third-order valence-electron chi connectivity index (χ3n) is 3.47. The molecule has 8 radical (unpaired) electrons. The molecule has 0 spiro atoms. The van der Waals surface area contributed by atoms with Crippen molar-refractivity contribution in [2.75, 3.05) is 6.61 Å². The molecular weight excluding hydrogens is 606 g/mol. The molecule has 0 unspecified atom stereocenters. The van der Waals surface area contributed by atoms with E-state index < -0.39 is 5.97 Å². The summed E-state index contributed by atoms with van der Waals surface area (Å²) in [5, 5.41) is 0. The minimum atomic E-state index is -0.407. The van der Waals surface area contributed by atoms with E-state index >= 15 is 0 Å². The number of hydrogen-bond acceptors (Lipinski definition) is 2. The van der Waals surface area contributed by atoms with Gasteiger partial charge in [0.25, 0.3) is 0 Å². The monoisotopic (exact) mass is 670 g/mol. The van der Waals surface area contributed by atoms with Crippen LogP contribution in [0.4, 0.5) is 0 Å². The van der Waals surface area contributed by atoms with E-state index in [1.165, 1.54) is 77.0 Å². The molecule has 0 atom stereocenters. The van der Waals surface area contributed by atoms with Gasteiger partial charge in [-0.3, -0.25) is 0 Å². The number of unbranched alkanes of at least 4 members (excludes halogenated alkanes) is 6. The normalized spacial score (nSPS) is 8.56. The van der Waals surface area contributed by atoms with Crippen molar-refractivity contribution in [3.63, 3.8) is 0 Å². The Bertz CT molecular complexity index is 242. The molecule has 1 heterocycles. The quantitative estimate of drug-likeness (QED) is 0.122. The van der Waals surface area contributed by atoms with Crippen LogP contribution in [0.1, 0.15) is 160 Å². The zero-order chi connectivity index (χ0) is 24.9. The van der Waals surface area contributed by atoms with Crippen LogP contribution in [0.3, 0.4) is 0 Å². The molecule has 32 heavy (non-hydrogen) atoms. The Balaban J connectivity index is -0.0000000349. The van der Waals surface area contributed by atoms with E-state index in [9.17, 15) is 4.79 Å². The Kier molecular flexibility index (Phi) is 130. The third kappa shape index (κ3) is 145. The molecule has 1 rings (SSSR count). The summed E-state index contributed by atoms with van der Waals surface area (Å²) in [6.07, 6.45) is 15.8. The average molecular weight is 668 g/mol. The van der Waals surface area contributed by atoms with Crippen LogP contribution in [-0.4, -0.2) is 60.4 Å². The summed E-state index contributed by atoms with van der Waals surface area (Å²) in [5.74, 6) is 4.25. The van der Waals surface area contributed by atoms with Crippen LogP contribution in [0.2, 0.25) is 0 Å². The van der Waals surface area contributed by atoms with Crippen LogP contribution < -0.4 is 0 Å². The van der Waals surface area contributed by atoms with E-state index in [-0.39, 0.29) is 54.4 Å². The SMILES string of the molecule is CCCC.CCCC.CCCC.CCCC.CCCC.CCCC.O=C1C#CCO1.[Sn].[Sn]. The molecule has 0 saturated heterocycles. The van der Waals surface area contributed by atoms with Crippen LogP contribution in [-0.2, 0) is 9.53 Å². The van der Waals surface area contributed by atoms with Crippen molar-refractivity contribution in [2.24, 2.45) is 0 Å². The fraction of sp³-hybridized carbons (Fsp3) is 0.893. The predicted molar refractivity (Wildman–Crippen MR) is 154 cm³/mol. The van der Waals surface area contributed by atoms with Crippen LogP contribution >= 0.6 is 0 Å². The molecule has 0 amide bonds. The van der Waals surface area contributed by atoms with Gasteiger partial charge in [-0.15, -0.1) is 0 Å². The second-order valence-corrected chi connectivity index (χ2v) is 6.88. The van der Waals surface area contributed by atoms with Gasteiger partial charge in [-0.05, 0) is 5.92 Å². The van der Waals surface area contributed by atoms with E-state index in [0.29, 0.717) is 0 Å². The van der Waals surface area contributed by atoms with Crippen LogP contribution in [0.15, 0.2) is 0 Å². The minimum Gasteiger partial charge on any atom is -0.443 e. The average Bonchev–Trinajstić information content (AvgIpc) is 3.30. The standard InChI is InChI=1S/C4H2O2.6C4H10.2Sn/c5-4-2-1-3-6-4;6*1-3-4-2;;/h3H2;6*3-4H2,1-2H3;;. The maximum atomic E-state index is 9.85. The van der Waals surface area contributed by atoms with Crippen molar-refractivity contribution in [3.05, 3.63) is 0 Å². The molecule has 0 fully saturated rings. The fourth-order valence-corrected chi connectivity index (χ4v) is 0.246. The fourth-order valence-electron chi connectivity index (χ4n) is 0.246. The molecule has 4 heteroatoms. The third-order valence-corrected chi connectivity index (χ3v) is 3.47. The summed E-state index contributed by atoms with van der Waals surface area (Å²) in [6.45, 7) is 26.4. The topological polar surface area (TPSA) is 26.3 Å². The summed E-state index contributed by atoms with van der Waals surface area (Å²) in [6, 6.07) is 0. The van der Waals surface area contributed by atoms with Crippen LogP contribution in [0, 0.1) is 11.8 Å². The van der Waals surface area contributed by atoms with Gasteiger partial charge < -0.3 is 4.74 Å². The van der Waals surface area contributed by atoms with Crippen LogP contribution in [0.25, 0.3) is 0 Å². The van der Waals surface area contributed by atoms with E-state index in [1.807, 2.05) is 0 Å². The number of rotatable bonds is 6. The molecule has 0 N–H and O–H groups in total. The predicted octanol–water partition coefficient (Wildman–Crippen LogP) is 9.62. The van der Waals surface area contributed by atoms with Crippen molar-refractivity contribution < 1.29 is 9.53 Å². The van der Waals surface area contributed by atoms with Gasteiger partial charge in [0.2, 0.25) is 0 Å². The Labute approximate surface area is 240 Å². The largest absolute Gasteiger partial charge is 0.443 e. The van der Waals surface area contributed by atoms with E-state index in [1.54, 1.807) is 0 Å². The first-order valence-electron chi connectivity index (χ1n) is 13.0. The first-order valence-corrected chi connectivity index (χ1v) is 13.0. The van der Waals surface area contributed by atoms with Crippen LogP contribution in [0.5, 0.6) is 0 Å². The minimum absolute atomic E-state index is 0. The van der Waals surface area contributed by atoms with Crippen molar-refractivity contribution in [3.8, 4) is 11.8 Å². The van der Waals surface area contributed by atoms with Gasteiger partial charge in [-0.25, -0.2) is 4.79 Å². The van der Waals surface area contributed by atoms with Crippen molar-refractivity contribution in [2.45, 2.75) is 160 Å². The second-order valence-electron chi connectivity index (χ2n) is 6.88. The molecule has 1 aliphatic heterocycles. The molecule has 0 saturated carbocycles. The molecule has 0 aromatic heterocycles. The summed E-state index contributed by atoms with van der Waals surface area (Å²) in [7, 11) is 0. The van der Waals surface area contributed by atoms with Crippen molar-refractivity contribution in [1.29, 1.82) is 0 Å². The number of esters is 1. The van der Waals surface area contributed by atoms with Gasteiger partial charge >= 0.3 is 5.97 Å². The van der Waals surface area contributed by atoms with E-state index in [2.05, 4.69) is 99.7 Å². The van der Waals surface area contributed by atoms with E-state index in [4.69, 9.17) is 0 Å². The zero-order valence-corrected chi connectivity index (χ0v) is 30.2. The summed E-state index contributed by atoms with van der Waals surface area (Å²) in [4.78, 5) is 9.85. The van der Waals surface area contributed by atoms with Gasteiger partial charge in [-0.1, -0.05) is 160 Å². The first kappa shape index (κ1) is 53.8. The maximum Gasteiger partial charge on any atom is 0.385 e. The van der Waals surface area contributed by atoms with Crippen molar-refractivity contribution >= 4 is 53.8 Å². The molecule has 0 aromatic carbocycles.